The maximum atomic E-state index is 12.9. The highest BCUT2D eigenvalue weighted by atomic mass is 35.5. The van der Waals surface area contributed by atoms with Gasteiger partial charge in [0, 0.05) is 23.5 Å². The highest BCUT2D eigenvalue weighted by Crippen LogP contribution is 2.38. The van der Waals surface area contributed by atoms with Gasteiger partial charge >= 0.3 is 0 Å². The Labute approximate surface area is 168 Å². The van der Waals surface area contributed by atoms with Gasteiger partial charge in [-0.1, -0.05) is 41.9 Å². The van der Waals surface area contributed by atoms with Crippen LogP contribution >= 0.6 is 11.6 Å². The zero-order chi connectivity index (χ0) is 19.5. The van der Waals surface area contributed by atoms with Gasteiger partial charge in [0.05, 0.1) is 23.7 Å². The van der Waals surface area contributed by atoms with Gasteiger partial charge in [-0.2, -0.15) is 0 Å². The van der Waals surface area contributed by atoms with Crippen molar-refractivity contribution in [3.05, 3.63) is 94.8 Å². The van der Waals surface area contributed by atoms with E-state index in [1.807, 2.05) is 42.5 Å². The van der Waals surface area contributed by atoms with Crippen LogP contribution in [0.5, 0.6) is 0 Å². The van der Waals surface area contributed by atoms with Crippen molar-refractivity contribution >= 4 is 29.1 Å². The molecule has 0 spiro atoms. The summed E-state index contributed by atoms with van der Waals surface area (Å²) in [5.74, 6) is -0.281. The molecule has 0 radical (unpaired) electrons. The summed E-state index contributed by atoms with van der Waals surface area (Å²) >= 11 is 5.89. The predicted molar refractivity (Wildman–Crippen MR) is 108 cm³/mol. The molecule has 3 aromatic rings. The molecule has 1 aliphatic heterocycles. The standard InChI is InChI=1S/C22H18ClN3O2/c23-16-10-8-15(9-11-16)14-25-20(27)13-19-21-18(7-4-12-24-21)22(28)26(19)17-5-2-1-3-6-17/h1-12,19H,13-14H2,(H,25,27). The Morgan fingerprint density at radius 2 is 1.79 bits per heavy atom. The van der Waals surface area contributed by atoms with E-state index in [0.717, 1.165) is 11.3 Å². The number of nitrogens with one attached hydrogen (secondary N) is 1. The molecule has 1 aromatic heterocycles. The number of carbonyl (C=O) groups is 2. The minimum atomic E-state index is -0.434. The third-order valence-electron chi connectivity index (χ3n) is 4.73. The van der Waals surface area contributed by atoms with E-state index in [9.17, 15) is 9.59 Å². The Balaban J connectivity index is 1.54. The van der Waals surface area contributed by atoms with Crippen LogP contribution in [0.2, 0.25) is 5.02 Å². The number of aromatic nitrogens is 1. The summed E-state index contributed by atoms with van der Waals surface area (Å²) < 4.78 is 0. The Bertz CT molecular complexity index is 1010. The predicted octanol–water partition coefficient (Wildman–Crippen LogP) is 4.14. The van der Waals surface area contributed by atoms with Crippen molar-refractivity contribution in [2.24, 2.45) is 0 Å². The quantitative estimate of drug-likeness (QED) is 0.710. The highest BCUT2D eigenvalue weighted by Gasteiger charge is 2.39. The van der Waals surface area contributed by atoms with Crippen molar-refractivity contribution in [3.8, 4) is 0 Å². The minimum absolute atomic E-state index is 0.134. The minimum Gasteiger partial charge on any atom is -0.352 e. The molecular weight excluding hydrogens is 374 g/mol. The Morgan fingerprint density at radius 1 is 1.04 bits per heavy atom. The van der Waals surface area contributed by atoms with Crippen molar-refractivity contribution < 1.29 is 9.59 Å². The number of hydrogen-bond acceptors (Lipinski definition) is 3. The number of rotatable bonds is 5. The second-order valence-corrected chi connectivity index (χ2v) is 7.01. The van der Waals surface area contributed by atoms with E-state index in [1.54, 1.807) is 35.4 Å². The molecule has 28 heavy (non-hydrogen) atoms. The molecule has 6 heteroatoms. The molecule has 4 rings (SSSR count). The summed E-state index contributed by atoms with van der Waals surface area (Å²) in [5, 5.41) is 3.57. The molecule has 2 aromatic carbocycles. The molecule has 140 valence electrons. The maximum absolute atomic E-state index is 12.9. The summed E-state index contributed by atoms with van der Waals surface area (Å²) in [6, 6.07) is 19.7. The molecule has 1 unspecified atom stereocenters. The third-order valence-corrected chi connectivity index (χ3v) is 4.98. The van der Waals surface area contributed by atoms with E-state index < -0.39 is 6.04 Å². The topological polar surface area (TPSA) is 62.3 Å². The summed E-state index contributed by atoms with van der Waals surface area (Å²) in [4.78, 5) is 31.6. The van der Waals surface area contributed by atoms with Gasteiger partial charge in [0.25, 0.3) is 5.91 Å². The van der Waals surface area contributed by atoms with E-state index in [1.165, 1.54) is 0 Å². The number of pyridine rings is 1. The average Bonchev–Trinajstić information content (AvgIpc) is 3.00. The Hall–Kier alpha value is -3.18. The molecule has 1 atom stereocenters. The summed E-state index contributed by atoms with van der Waals surface area (Å²) in [7, 11) is 0. The lowest BCUT2D eigenvalue weighted by Crippen LogP contribution is -2.32. The normalized spacial score (nSPS) is 15.4. The van der Waals surface area contributed by atoms with E-state index in [-0.39, 0.29) is 18.2 Å². The number of anilines is 1. The van der Waals surface area contributed by atoms with Gasteiger partial charge in [0.15, 0.2) is 0 Å². The Morgan fingerprint density at radius 3 is 2.54 bits per heavy atom. The number of halogens is 1. The fourth-order valence-corrected chi connectivity index (χ4v) is 3.51. The molecule has 2 amide bonds. The number of fused-ring (bicyclic) bond motifs is 1. The first kappa shape index (κ1) is 18.2. The molecule has 0 bridgehead atoms. The Kier molecular flexibility index (Phi) is 5.08. The van der Waals surface area contributed by atoms with Gasteiger partial charge < -0.3 is 5.32 Å². The van der Waals surface area contributed by atoms with Crippen LogP contribution in [-0.2, 0) is 11.3 Å². The first-order chi connectivity index (χ1) is 13.6. The lowest BCUT2D eigenvalue weighted by Gasteiger charge is -2.24. The van der Waals surface area contributed by atoms with Crippen LogP contribution in [0.1, 0.15) is 34.1 Å². The van der Waals surface area contributed by atoms with Crippen LogP contribution in [0.3, 0.4) is 0 Å². The third kappa shape index (κ3) is 3.62. The number of benzene rings is 2. The summed E-state index contributed by atoms with van der Waals surface area (Å²) in [6.45, 7) is 0.400. The highest BCUT2D eigenvalue weighted by molar-refractivity contribution is 6.30. The molecule has 0 fully saturated rings. The summed E-state index contributed by atoms with van der Waals surface area (Å²) in [6.07, 6.45) is 1.79. The van der Waals surface area contributed by atoms with E-state index in [4.69, 9.17) is 11.6 Å². The van der Waals surface area contributed by atoms with E-state index >= 15 is 0 Å². The maximum Gasteiger partial charge on any atom is 0.260 e. The van der Waals surface area contributed by atoms with Crippen molar-refractivity contribution in [3.63, 3.8) is 0 Å². The van der Waals surface area contributed by atoms with Crippen molar-refractivity contribution in [1.82, 2.24) is 10.3 Å². The number of hydrogen-bond donors (Lipinski definition) is 1. The average molecular weight is 392 g/mol. The van der Waals surface area contributed by atoms with Gasteiger partial charge in [0.1, 0.15) is 0 Å². The van der Waals surface area contributed by atoms with Gasteiger partial charge in [-0.15, -0.1) is 0 Å². The van der Waals surface area contributed by atoms with Gasteiger partial charge in [-0.3, -0.25) is 19.5 Å². The number of amides is 2. The second kappa shape index (κ2) is 7.82. The van der Waals surface area contributed by atoms with Gasteiger partial charge in [-0.25, -0.2) is 0 Å². The van der Waals surface area contributed by atoms with Crippen LogP contribution in [-0.4, -0.2) is 16.8 Å². The fraction of sp³-hybridized carbons (Fsp3) is 0.136. The van der Waals surface area contributed by atoms with Crippen molar-refractivity contribution in [1.29, 1.82) is 0 Å². The van der Waals surface area contributed by atoms with E-state index in [0.29, 0.717) is 22.8 Å². The van der Waals surface area contributed by atoms with Crippen LogP contribution in [0.25, 0.3) is 0 Å². The van der Waals surface area contributed by atoms with Crippen molar-refractivity contribution in [2.75, 3.05) is 4.90 Å². The SMILES string of the molecule is O=C(CC1c2ncccc2C(=O)N1c1ccccc1)NCc1ccc(Cl)cc1. The van der Waals surface area contributed by atoms with Crippen molar-refractivity contribution in [2.45, 2.75) is 19.0 Å². The fourth-order valence-electron chi connectivity index (χ4n) is 3.38. The van der Waals surface area contributed by atoms with Crippen LogP contribution in [0.15, 0.2) is 72.9 Å². The summed E-state index contributed by atoms with van der Waals surface area (Å²) in [5.41, 5.74) is 2.89. The number of nitrogens with zero attached hydrogens (tertiary/aromatic N) is 2. The first-order valence-electron chi connectivity index (χ1n) is 8.98. The number of para-hydroxylation sites is 1. The monoisotopic (exact) mass is 391 g/mol. The van der Waals surface area contributed by atoms with Gasteiger partial charge in [-0.05, 0) is 42.0 Å². The largest absolute Gasteiger partial charge is 0.352 e. The molecule has 0 aliphatic carbocycles. The first-order valence-corrected chi connectivity index (χ1v) is 9.36. The molecule has 1 aliphatic rings. The molecule has 1 N–H and O–H groups in total. The molecule has 0 saturated heterocycles. The van der Waals surface area contributed by atoms with Crippen LogP contribution in [0.4, 0.5) is 5.69 Å². The zero-order valence-electron chi connectivity index (χ0n) is 15.0. The van der Waals surface area contributed by atoms with E-state index in [2.05, 4.69) is 10.3 Å². The lowest BCUT2D eigenvalue weighted by molar-refractivity contribution is -0.121. The number of carbonyl (C=O) groups excluding carboxylic acids is 2. The zero-order valence-corrected chi connectivity index (χ0v) is 15.8. The molecule has 0 saturated carbocycles. The molecule has 5 nitrogen and oxygen atoms in total. The second-order valence-electron chi connectivity index (χ2n) is 6.57. The molecular formula is C22H18ClN3O2. The lowest BCUT2D eigenvalue weighted by atomic mass is 10.1. The molecule has 2 heterocycles. The van der Waals surface area contributed by atoms with Gasteiger partial charge in [0.2, 0.25) is 5.91 Å². The smallest absolute Gasteiger partial charge is 0.260 e. The van der Waals surface area contributed by atoms with Crippen LogP contribution in [0, 0.1) is 0 Å². The van der Waals surface area contributed by atoms with Crippen LogP contribution < -0.4 is 10.2 Å².